The van der Waals surface area contributed by atoms with E-state index in [9.17, 15) is 28.8 Å². The molecule has 6 N–H and O–H groups in total. The van der Waals surface area contributed by atoms with Gasteiger partial charge in [0.25, 0.3) is 0 Å². The molecular weight excluding hydrogens is 628 g/mol. The SMILES string of the molecule is CC.CC.CC.CC(=O)CCCN(C)C=O.CCCC(=O)NC(C(=O)N[C@@H](CCCNC(N)=O)C(=O)Nc1ccc(COC)cc1)C(C)C. The molecule has 0 aliphatic rings. The normalized spacial score (nSPS) is 10.6. The van der Waals surface area contributed by atoms with Crippen LogP contribution in [-0.2, 0) is 35.3 Å². The van der Waals surface area contributed by atoms with E-state index in [1.165, 1.54) is 4.90 Å². The van der Waals surface area contributed by atoms with Crippen LogP contribution in [0, 0.1) is 5.92 Å². The molecule has 2 atom stereocenters. The second kappa shape index (κ2) is 35.3. The molecule has 13 nitrogen and oxygen atoms in total. The summed E-state index contributed by atoms with van der Waals surface area (Å²) in [5.41, 5.74) is 6.62. The molecule has 0 saturated heterocycles. The number of urea groups is 1. The van der Waals surface area contributed by atoms with Crippen LogP contribution in [0.15, 0.2) is 24.3 Å². The Kier molecular flexibility index (Phi) is 37.3. The van der Waals surface area contributed by atoms with Crippen LogP contribution in [0.3, 0.4) is 0 Å². The van der Waals surface area contributed by atoms with Crippen LogP contribution in [0.5, 0.6) is 0 Å². The molecule has 0 aromatic heterocycles. The lowest BCUT2D eigenvalue weighted by atomic mass is 10.0. The first kappa shape index (κ1) is 51.8. The molecule has 0 heterocycles. The lowest BCUT2D eigenvalue weighted by molar-refractivity contribution is -0.132. The van der Waals surface area contributed by atoms with Gasteiger partial charge < -0.3 is 41.4 Å². The van der Waals surface area contributed by atoms with Crippen LogP contribution in [0.2, 0.25) is 0 Å². The monoisotopic (exact) mass is 697 g/mol. The average Bonchev–Trinajstić information content (AvgIpc) is 3.08. The van der Waals surface area contributed by atoms with E-state index in [1.807, 2.05) is 74.4 Å². The molecule has 284 valence electrons. The van der Waals surface area contributed by atoms with Gasteiger partial charge in [0.15, 0.2) is 0 Å². The second-order valence-corrected chi connectivity index (χ2v) is 10.5. The van der Waals surface area contributed by atoms with Crippen LogP contribution < -0.4 is 27.0 Å². The molecule has 13 heteroatoms. The number of ketones is 1. The predicted octanol–water partition coefficient (Wildman–Crippen LogP) is 5.17. The first-order chi connectivity index (χ1) is 23.3. The van der Waals surface area contributed by atoms with Gasteiger partial charge in [-0.2, -0.15) is 0 Å². The van der Waals surface area contributed by atoms with E-state index in [2.05, 4.69) is 21.3 Å². The quantitative estimate of drug-likeness (QED) is 0.0974. The van der Waals surface area contributed by atoms with Gasteiger partial charge in [0.1, 0.15) is 17.9 Å². The van der Waals surface area contributed by atoms with E-state index in [-0.39, 0.29) is 30.6 Å². The summed E-state index contributed by atoms with van der Waals surface area (Å²) in [7, 11) is 3.30. The molecule has 0 radical (unpaired) electrons. The third-order valence-corrected chi connectivity index (χ3v) is 6.10. The summed E-state index contributed by atoms with van der Waals surface area (Å²) in [6.45, 7) is 20.5. The predicted molar refractivity (Wildman–Crippen MR) is 199 cm³/mol. The van der Waals surface area contributed by atoms with Gasteiger partial charge in [0.2, 0.25) is 24.1 Å². The zero-order valence-electron chi connectivity index (χ0n) is 32.4. The molecule has 1 aromatic rings. The average molecular weight is 697 g/mol. The Morgan fingerprint density at radius 2 is 1.47 bits per heavy atom. The Morgan fingerprint density at radius 1 is 0.898 bits per heavy atom. The van der Waals surface area contributed by atoms with Gasteiger partial charge >= 0.3 is 6.03 Å². The summed E-state index contributed by atoms with van der Waals surface area (Å²) >= 11 is 0. The third kappa shape index (κ3) is 29.8. The van der Waals surface area contributed by atoms with Crippen LogP contribution >= 0.6 is 0 Å². The number of nitrogens with two attached hydrogens (primary N) is 1. The van der Waals surface area contributed by atoms with Crippen LogP contribution in [-0.4, -0.2) is 80.2 Å². The van der Waals surface area contributed by atoms with Crippen molar-refractivity contribution in [2.45, 2.75) is 126 Å². The second-order valence-electron chi connectivity index (χ2n) is 10.5. The molecule has 49 heavy (non-hydrogen) atoms. The molecular formula is C36H68N6O7. The first-order valence-electron chi connectivity index (χ1n) is 17.5. The number of Topliss-reactive ketones (excluding diaryl/α,β-unsaturated/α-hetero) is 1. The van der Waals surface area contributed by atoms with Crippen molar-refractivity contribution >= 4 is 41.6 Å². The van der Waals surface area contributed by atoms with E-state index in [0.29, 0.717) is 44.5 Å². The highest BCUT2D eigenvalue weighted by Crippen LogP contribution is 2.12. The molecule has 0 fully saturated rings. The molecule has 0 saturated carbocycles. The molecule has 0 spiro atoms. The van der Waals surface area contributed by atoms with E-state index in [0.717, 1.165) is 18.4 Å². The van der Waals surface area contributed by atoms with Gasteiger partial charge in [-0.05, 0) is 56.2 Å². The van der Waals surface area contributed by atoms with Crippen LogP contribution in [0.25, 0.3) is 0 Å². The number of rotatable bonds is 19. The van der Waals surface area contributed by atoms with Crippen molar-refractivity contribution in [2.24, 2.45) is 11.7 Å². The minimum Gasteiger partial charge on any atom is -0.380 e. The van der Waals surface area contributed by atoms with E-state index in [4.69, 9.17) is 10.5 Å². The highest BCUT2D eigenvalue weighted by atomic mass is 16.5. The van der Waals surface area contributed by atoms with Crippen molar-refractivity contribution in [1.82, 2.24) is 20.9 Å². The number of hydrogen-bond acceptors (Lipinski definition) is 7. The van der Waals surface area contributed by atoms with E-state index >= 15 is 0 Å². The molecule has 1 rings (SSSR count). The number of benzene rings is 1. The van der Waals surface area contributed by atoms with Crippen molar-refractivity contribution in [3.8, 4) is 0 Å². The fraction of sp³-hybridized carbons (Fsp3) is 0.667. The van der Waals surface area contributed by atoms with Gasteiger partial charge in [0.05, 0.1) is 6.61 Å². The summed E-state index contributed by atoms with van der Waals surface area (Å²) in [5, 5.41) is 10.8. The minimum atomic E-state index is -0.866. The summed E-state index contributed by atoms with van der Waals surface area (Å²) in [4.78, 5) is 70.8. The van der Waals surface area contributed by atoms with Crippen LogP contribution in [0.1, 0.15) is 113 Å². The Morgan fingerprint density at radius 3 is 1.92 bits per heavy atom. The number of methoxy groups -OCH3 is 1. The highest BCUT2D eigenvalue weighted by Gasteiger charge is 2.28. The molecule has 0 aliphatic heterocycles. The standard InChI is InChI=1S/C23H37N5O5.C7H13NO2.3C2H6/c1-5-7-19(29)28-20(15(2)3)22(31)27-18(8-6-13-25-23(24)32)21(30)26-17-11-9-16(10-12-17)14-33-4;1-7(10)4-3-5-8(2)6-9;3*1-2/h9-12,15,18,20H,5-8,13-14H2,1-4H3,(H,26,30)(H,27,31)(H,28,29)(H3,24,25,32);6H,3-5H2,1-2H3;3*1-2H3/t18-,20?;;;;/m0..../s1. The number of carbonyl (C=O) groups excluding carboxylic acids is 6. The molecule has 0 aliphatic carbocycles. The largest absolute Gasteiger partial charge is 0.380 e. The Labute approximate surface area is 296 Å². The van der Waals surface area contributed by atoms with Crippen molar-refractivity contribution in [1.29, 1.82) is 0 Å². The molecule has 6 amide bonds. The zero-order valence-corrected chi connectivity index (χ0v) is 32.4. The van der Waals surface area contributed by atoms with Gasteiger partial charge in [-0.1, -0.05) is 74.4 Å². The topological polar surface area (TPSA) is 189 Å². The summed E-state index contributed by atoms with van der Waals surface area (Å²) in [6.07, 6.45) is 3.77. The Balaban J connectivity index is -0.000000530. The molecule has 1 unspecified atom stereocenters. The summed E-state index contributed by atoms with van der Waals surface area (Å²) in [5.74, 6) is -1.04. The maximum absolute atomic E-state index is 13.0. The van der Waals surface area contributed by atoms with Gasteiger partial charge in [-0.15, -0.1) is 0 Å². The maximum atomic E-state index is 13.0. The third-order valence-electron chi connectivity index (χ3n) is 6.10. The Hall–Kier alpha value is -4.00. The van der Waals surface area contributed by atoms with Crippen molar-refractivity contribution in [3.05, 3.63) is 29.8 Å². The zero-order chi connectivity index (χ0) is 38.8. The number of carbonyl (C=O) groups is 6. The first-order valence-corrected chi connectivity index (χ1v) is 17.5. The van der Waals surface area contributed by atoms with E-state index in [1.54, 1.807) is 33.2 Å². The number of amides is 6. The summed E-state index contributed by atoms with van der Waals surface area (Å²) in [6, 6.07) is 4.88. The fourth-order valence-electron chi connectivity index (χ4n) is 3.77. The summed E-state index contributed by atoms with van der Waals surface area (Å²) < 4.78 is 5.08. The number of anilines is 1. The van der Waals surface area contributed by atoms with Crippen molar-refractivity contribution in [2.75, 3.05) is 32.6 Å². The molecule has 1 aromatic carbocycles. The van der Waals surface area contributed by atoms with Gasteiger partial charge in [-0.3, -0.25) is 19.2 Å². The smallest absolute Gasteiger partial charge is 0.312 e. The van der Waals surface area contributed by atoms with E-state index < -0.39 is 29.9 Å². The van der Waals surface area contributed by atoms with Gasteiger partial charge in [-0.25, -0.2) is 4.79 Å². The highest BCUT2D eigenvalue weighted by molar-refractivity contribution is 5.98. The number of primary amides is 1. The lowest BCUT2D eigenvalue weighted by Crippen LogP contribution is -2.54. The number of nitrogens with zero attached hydrogens (tertiary/aromatic N) is 1. The van der Waals surface area contributed by atoms with Gasteiger partial charge in [0, 0.05) is 45.8 Å². The number of nitrogens with one attached hydrogen (secondary N) is 4. The minimum absolute atomic E-state index is 0.167. The lowest BCUT2D eigenvalue weighted by Gasteiger charge is -2.25. The van der Waals surface area contributed by atoms with Crippen molar-refractivity contribution < 1.29 is 33.5 Å². The number of hydrogen-bond donors (Lipinski definition) is 5. The fourth-order valence-corrected chi connectivity index (χ4v) is 3.77. The number of ether oxygens (including phenoxy) is 1. The Bertz CT molecular complexity index is 1020. The molecule has 0 bridgehead atoms. The van der Waals surface area contributed by atoms with Crippen molar-refractivity contribution in [3.63, 3.8) is 0 Å². The van der Waals surface area contributed by atoms with Crippen LogP contribution in [0.4, 0.5) is 10.5 Å². The maximum Gasteiger partial charge on any atom is 0.312 e.